The lowest BCUT2D eigenvalue weighted by Crippen LogP contribution is -2.18. The first-order valence-electron chi connectivity index (χ1n) is 5.67. The molecule has 1 aromatic carbocycles. The molecule has 1 nitrogen and oxygen atoms in total. The lowest BCUT2D eigenvalue weighted by molar-refractivity contribution is 0.433. The van der Waals surface area contributed by atoms with E-state index in [0.717, 1.165) is 18.9 Å². The summed E-state index contributed by atoms with van der Waals surface area (Å²) in [6, 6.07) is 4.22. The van der Waals surface area contributed by atoms with Gasteiger partial charge in [0.15, 0.2) is 11.6 Å². The summed E-state index contributed by atoms with van der Waals surface area (Å²) < 4.78 is 26.6. The van der Waals surface area contributed by atoms with Crippen LogP contribution in [-0.4, -0.2) is 7.05 Å². The molecule has 1 unspecified atom stereocenters. The van der Waals surface area contributed by atoms with Crippen LogP contribution in [-0.2, 0) is 0 Å². The molecule has 0 saturated heterocycles. The van der Waals surface area contributed by atoms with Gasteiger partial charge >= 0.3 is 0 Å². The third-order valence-electron chi connectivity index (χ3n) is 2.74. The Labute approximate surface area is 95.9 Å². The summed E-state index contributed by atoms with van der Waals surface area (Å²) in [5.41, 5.74) is 0.420. The molecule has 0 spiro atoms. The van der Waals surface area contributed by atoms with Crippen molar-refractivity contribution in [3.63, 3.8) is 0 Å². The first kappa shape index (κ1) is 13.1. The molecule has 1 rings (SSSR count). The highest BCUT2D eigenvalue weighted by molar-refractivity contribution is 5.22. The summed E-state index contributed by atoms with van der Waals surface area (Å²) in [5.74, 6) is -0.944. The maximum atomic E-state index is 13.5. The van der Waals surface area contributed by atoms with Gasteiger partial charge in [0.2, 0.25) is 0 Å². The maximum absolute atomic E-state index is 13.5. The number of hydrogen-bond acceptors (Lipinski definition) is 1. The summed E-state index contributed by atoms with van der Waals surface area (Å²) >= 11 is 0. The van der Waals surface area contributed by atoms with E-state index < -0.39 is 11.6 Å². The van der Waals surface area contributed by atoms with Crippen LogP contribution in [0.4, 0.5) is 8.78 Å². The summed E-state index contributed by atoms with van der Waals surface area (Å²) in [5, 5.41) is 3.04. The predicted octanol–water partition coefficient (Wildman–Crippen LogP) is 3.66. The molecule has 0 fully saturated rings. The largest absolute Gasteiger partial charge is 0.313 e. The molecule has 0 aromatic heterocycles. The zero-order valence-electron chi connectivity index (χ0n) is 10.1. The summed E-state index contributed by atoms with van der Waals surface area (Å²) in [6.45, 7) is 4.24. The molecule has 0 aliphatic rings. The predicted molar refractivity (Wildman–Crippen MR) is 62.2 cm³/mol. The van der Waals surface area contributed by atoms with Gasteiger partial charge in [-0.3, -0.25) is 0 Å². The van der Waals surface area contributed by atoms with Crippen LogP contribution in [0.2, 0.25) is 0 Å². The van der Waals surface area contributed by atoms with Crippen LogP contribution in [0.3, 0.4) is 0 Å². The van der Waals surface area contributed by atoms with E-state index >= 15 is 0 Å². The fourth-order valence-corrected chi connectivity index (χ4v) is 1.74. The van der Waals surface area contributed by atoms with Crippen LogP contribution < -0.4 is 5.32 Å². The van der Waals surface area contributed by atoms with Crippen molar-refractivity contribution in [1.82, 2.24) is 5.32 Å². The van der Waals surface area contributed by atoms with Crippen LogP contribution in [0.1, 0.15) is 38.3 Å². The molecule has 16 heavy (non-hydrogen) atoms. The zero-order valence-corrected chi connectivity index (χ0v) is 10.1. The molecule has 1 atom stereocenters. The average Bonchev–Trinajstić information content (AvgIpc) is 2.24. The quantitative estimate of drug-likeness (QED) is 0.809. The van der Waals surface area contributed by atoms with E-state index in [4.69, 9.17) is 0 Å². The first-order chi connectivity index (χ1) is 7.56. The molecule has 90 valence electrons. The standard InChI is InChI=1S/C13H19F2N/c1-9(2)7-8-12(16-3)10-5-4-6-11(14)13(10)15/h4-6,9,12,16H,7-8H2,1-3H3. The zero-order chi connectivity index (χ0) is 12.1. The van der Waals surface area contributed by atoms with E-state index in [1.54, 1.807) is 19.2 Å². The molecule has 1 aromatic rings. The van der Waals surface area contributed by atoms with Gasteiger partial charge in [-0.25, -0.2) is 8.78 Å². The van der Waals surface area contributed by atoms with Gasteiger partial charge in [0, 0.05) is 11.6 Å². The van der Waals surface area contributed by atoms with Crippen molar-refractivity contribution in [2.24, 2.45) is 5.92 Å². The van der Waals surface area contributed by atoms with Crippen LogP contribution in [0, 0.1) is 17.6 Å². The van der Waals surface area contributed by atoms with Crippen LogP contribution in [0.5, 0.6) is 0 Å². The van der Waals surface area contributed by atoms with Crippen molar-refractivity contribution in [3.05, 3.63) is 35.4 Å². The Kier molecular flexibility index (Phi) is 4.87. The minimum absolute atomic E-state index is 0.113. The molecule has 0 saturated carbocycles. The topological polar surface area (TPSA) is 12.0 Å². The van der Waals surface area contributed by atoms with Crippen molar-refractivity contribution in [2.75, 3.05) is 7.05 Å². The maximum Gasteiger partial charge on any atom is 0.163 e. The molecule has 0 aliphatic carbocycles. The Hall–Kier alpha value is -0.960. The van der Waals surface area contributed by atoms with E-state index in [9.17, 15) is 8.78 Å². The fourth-order valence-electron chi connectivity index (χ4n) is 1.74. The lowest BCUT2D eigenvalue weighted by atomic mass is 9.97. The monoisotopic (exact) mass is 227 g/mol. The Morgan fingerprint density at radius 3 is 2.44 bits per heavy atom. The number of rotatable bonds is 5. The van der Waals surface area contributed by atoms with Gasteiger partial charge in [0.1, 0.15) is 0 Å². The van der Waals surface area contributed by atoms with Gasteiger partial charge in [0.25, 0.3) is 0 Å². The normalized spacial score (nSPS) is 13.1. The molecule has 0 bridgehead atoms. The minimum atomic E-state index is -0.776. The van der Waals surface area contributed by atoms with Crippen LogP contribution in [0.15, 0.2) is 18.2 Å². The molecule has 3 heteroatoms. The van der Waals surface area contributed by atoms with Crippen LogP contribution >= 0.6 is 0 Å². The Balaban J connectivity index is 2.82. The fraction of sp³-hybridized carbons (Fsp3) is 0.538. The van der Waals surface area contributed by atoms with Crippen LogP contribution in [0.25, 0.3) is 0 Å². The van der Waals surface area contributed by atoms with Crippen molar-refractivity contribution < 1.29 is 8.78 Å². The van der Waals surface area contributed by atoms with E-state index in [0.29, 0.717) is 11.5 Å². The third-order valence-corrected chi connectivity index (χ3v) is 2.74. The van der Waals surface area contributed by atoms with Gasteiger partial charge < -0.3 is 5.32 Å². The minimum Gasteiger partial charge on any atom is -0.313 e. The van der Waals surface area contributed by atoms with E-state index in [-0.39, 0.29) is 6.04 Å². The highest BCUT2D eigenvalue weighted by Gasteiger charge is 2.16. The number of halogens is 2. The highest BCUT2D eigenvalue weighted by atomic mass is 19.2. The number of hydrogen-bond donors (Lipinski definition) is 1. The van der Waals surface area contributed by atoms with E-state index in [1.165, 1.54) is 0 Å². The van der Waals surface area contributed by atoms with Crippen molar-refractivity contribution >= 4 is 0 Å². The Morgan fingerprint density at radius 2 is 1.88 bits per heavy atom. The van der Waals surface area contributed by atoms with Gasteiger partial charge in [-0.1, -0.05) is 26.0 Å². The van der Waals surface area contributed by atoms with E-state index in [1.807, 2.05) is 0 Å². The van der Waals surface area contributed by atoms with Crippen molar-refractivity contribution in [3.8, 4) is 0 Å². The van der Waals surface area contributed by atoms with Gasteiger partial charge in [-0.05, 0) is 31.9 Å². The summed E-state index contributed by atoms with van der Waals surface area (Å²) in [6.07, 6.45) is 1.80. The third kappa shape index (κ3) is 3.27. The second kappa shape index (κ2) is 5.94. The lowest BCUT2D eigenvalue weighted by Gasteiger charge is -2.18. The van der Waals surface area contributed by atoms with Gasteiger partial charge in [-0.2, -0.15) is 0 Å². The highest BCUT2D eigenvalue weighted by Crippen LogP contribution is 2.24. The Morgan fingerprint density at radius 1 is 1.19 bits per heavy atom. The molecule has 0 aliphatic heterocycles. The number of nitrogens with one attached hydrogen (secondary N) is 1. The summed E-state index contributed by atoms with van der Waals surface area (Å²) in [7, 11) is 1.77. The SMILES string of the molecule is CNC(CCC(C)C)c1cccc(F)c1F. The van der Waals surface area contributed by atoms with Crippen molar-refractivity contribution in [1.29, 1.82) is 0 Å². The smallest absolute Gasteiger partial charge is 0.163 e. The van der Waals surface area contributed by atoms with E-state index in [2.05, 4.69) is 19.2 Å². The second-order valence-electron chi connectivity index (χ2n) is 4.46. The Bertz CT molecular complexity index is 337. The second-order valence-corrected chi connectivity index (χ2v) is 4.46. The van der Waals surface area contributed by atoms with Crippen molar-refractivity contribution in [2.45, 2.75) is 32.7 Å². The van der Waals surface area contributed by atoms with Gasteiger partial charge in [0.05, 0.1) is 0 Å². The first-order valence-corrected chi connectivity index (χ1v) is 5.67. The molecular formula is C13H19F2N. The molecule has 0 amide bonds. The molecule has 0 heterocycles. The molecule has 0 radical (unpaired) electrons. The molecular weight excluding hydrogens is 208 g/mol. The summed E-state index contributed by atoms with van der Waals surface area (Å²) in [4.78, 5) is 0. The van der Waals surface area contributed by atoms with Gasteiger partial charge in [-0.15, -0.1) is 0 Å². The average molecular weight is 227 g/mol. The molecule has 1 N–H and O–H groups in total. The number of benzene rings is 1.